The maximum Gasteiger partial charge on any atom is 0.331 e. The van der Waals surface area contributed by atoms with Crippen LogP contribution in [0.1, 0.15) is 36.1 Å². The molecule has 2 aromatic heterocycles. The smallest absolute Gasteiger partial charge is 0.331 e. The van der Waals surface area contributed by atoms with Crippen molar-refractivity contribution in [1.82, 2.24) is 14.5 Å². The standard InChI is InChI=1S/C18H23N3O4S/c1-20-17(23)16-15(12-6-2-3-7-13(12)26-16)21(18(20)24)10-14(22)19-9-11-5-4-8-25-11/h11H,2-10H2,1H3,(H,19,22)/t11-/m0/s1. The highest BCUT2D eigenvalue weighted by atomic mass is 32.1. The SMILES string of the molecule is Cn1c(=O)c2sc3c(c2n(CC(=O)NC[C@@H]2CCCO2)c1=O)CCCC3. The second-order valence-electron chi connectivity index (χ2n) is 7.06. The first-order chi connectivity index (χ1) is 12.6. The summed E-state index contributed by atoms with van der Waals surface area (Å²) in [6, 6.07) is 0. The summed E-state index contributed by atoms with van der Waals surface area (Å²) < 4.78 is 8.69. The molecule has 26 heavy (non-hydrogen) atoms. The van der Waals surface area contributed by atoms with E-state index in [0.717, 1.165) is 55.3 Å². The number of carbonyl (C=O) groups excluding carboxylic acids is 1. The van der Waals surface area contributed by atoms with E-state index < -0.39 is 5.69 Å². The fourth-order valence-corrected chi connectivity index (χ4v) is 5.24. The summed E-state index contributed by atoms with van der Waals surface area (Å²) in [5.74, 6) is -0.224. The molecule has 4 rings (SSSR count). The second-order valence-corrected chi connectivity index (χ2v) is 8.17. The van der Waals surface area contributed by atoms with Gasteiger partial charge in [0.25, 0.3) is 5.56 Å². The van der Waals surface area contributed by atoms with Crippen LogP contribution in [0.3, 0.4) is 0 Å². The molecule has 0 bridgehead atoms. The van der Waals surface area contributed by atoms with Gasteiger partial charge in [-0.2, -0.15) is 0 Å². The minimum atomic E-state index is -0.430. The molecular formula is C18H23N3O4S. The van der Waals surface area contributed by atoms with E-state index in [1.165, 1.54) is 27.8 Å². The number of amides is 1. The zero-order chi connectivity index (χ0) is 18.3. The predicted octanol–water partition coefficient (Wildman–Crippen LogP) is 0.936. The summed E-state index contributed by atoms with van der Waals surface area (Å²) in [7, 11) is 1.48. The summed E-state index contributed by atoms with van der Waals surface area (Å²) in [5, 5.41) is 2.86. The van der Waals surface area contributed by atoms with E-state index in [0.29, 0.717) is 16.8 Å². The highest BCUT2D eigenvalue weighted by molar-refractivity contribution is 7.19. The van der Waals surface area contributed by atoms with Gasteiger partial charge in [-0.1, -0.05) is 0 Å². The number of fused-ring (bicyclic) bond motifs is 3. The average molecular weight is 377 g/mol. The molecular weight excluding hydrogens is 354 g/mol. The van der Waals surface area contributed by atoms with Crippen molar-refractivity contribution < 1.29 is 9.53 Å². The Bertz CT molecular complexity index is 965. The molecule has 0 saturated carbocycles. The van der Waals surface area contributed by atoms with E-state index in [-0.39, 0.29) is 24.1 Å². The van der Waals surface area contributed by atoms with Crippen molar-refractivity contribution >= 4 is 27.5 Å². The van der Waals surface area contributed by atoms with E-state index >= 15 is 0 Å². The van der Waals surface area contributed by atoms with Crippen LogP contribution in [0, 0.1) is 0 Å². The zero-order valence-corrected chi connectivity index (χ0v) is 15.7. The number of carbonyl (C=O) groups is 1. The fourth-order valence-electron chi connectivity index (χ4n) is 3.87. The summed E-state index contributed by atoms with van der Waals surface area (Å²) in [6.45, 7) is 1.13. The molecule has 8 heteroatoms. The normalized spacial score (nSPS) is 19.7. The Morgan fingerprint density at radius 2 is 2.08 bits per heavy atom. The Balaban J connectivity index is 1.69. The van der Waals surface area contributed by atoms with Gasteiger partial charge in [0.2, 0.25) is 5.91 Å². The van der Waals surface area contributed by atoms with E-state index in [1.54, 1.807) is 0 Å². The van der Waals surface area contributed by atoms with Crippen LogP contribution in [0.4, 0.5) is 0 Å². The highest BCUT2D eigenvalue weighted by Gasteiger charge is 2.24. The molecule has 2 aliphatic rings. The minimum absolute atomic E-state index is 0.0599. The predicted molar refractivity (Wildman–Crippen MR) is 100.0 cm³/mol. The maximum absolute atomic E-state index is 12.7. The lowest BCUT2D eigenvalue weighted by atomic mass is 9.98. The molecule has 1 N–H and O–H groups in total. The Labute approximate surface area is 154 Å². The Kier molecular flexibility index (Phi) is 4.71. The lowest BCUT2D eigenvalue weighted by molar-refractivity contribution is -0.122. The molecule has 1 amide bonds. The van der Waals surface area contributed by atoms with E-state index in [2.05, 4.69) is 5.32 Å². The highest BCUT2D eigenvalue weighted by Crippen LogP contribution is 2.34. The maximum atomic E-state index is 12.7. The fraction of sp³-hybridized carbons (Fsp3) is 0.611. The lowest BCUT2D eigenvalue weighted by Gasteiger charge is -2.15. The van der Waals surface area contributed by atoms with Crippen LogP contribution in [0.2, 0.25) is 0 Å². The van der Waals surface area contributed by atoms with Crippen LogP contribution in [0.25, 0.3) is 10.2 Å². The second kappa shape index (κ2) is 7.00. The van der Waals surface area contributed by atoms with Crippen molar-refractivity contribution in [2.75, 3.05) is 13.2 Å². The van der Waals surface area contributed by atoms with Gasteiger partial charge in [0, 0.05) is 25.1 Å². The van der Waals surface area contributed by atoms with Crippen molar-refractivity contribution in [1.29, 1.82) is 0 Å². The first-order valence-electron chi connectivity index (χ1n) is 9.18. The number of hydrogen-bond donors (Lipinski definition) is 1. The van der Waals surface area contributed by atoms with Gasteiger partial charge in [0.05, 0.1) is 11.6 Å². The van der Waals surface area contributed by atoms with Gasteiger partial charge in [-0.3, -0.25) is 18.7 Å². The molecule has 1 aliphatic heterocycles. The number of hydrogen-bond acceptors (Lipinski definition) is 5. The third-order valence-corrected chi connectivity index (χ3v) is 6.55. The number of aromatic nitrogens is 2. The molecule has 3 heterocycles. The van der Waals surface area contributed by atoms with Crippen molar-refractivity contribution in [2.45, 2.75) is 51.2 Å². The largest absolute Gasteiger partial charge is 0.376 e. The van der Waals surface area contributed by atoms with Gasteiger partial charge in [0.1, 0.15) is 11.2 Å². The molecule has 0 unspecified atom stereocenters. The molecule has 7 nitrogen and oxygen atoms in total. The van der Waals surface area contributed by atoms with Crippen LogP contribution in [0.5, 0.6) is 0 Å². The quantitative estimate of drug-likeness (QED) is 0.860. The zero-order valence-electron chi connectivity index (χ0n) is 14.9. The number of nitrogens with one attached hydrogen (secondary N) is 1. The molecule has 1 atom stereocenters. The first-order valence-corrected chi connectivity index (χ1v) is 10.0. The van der Waals surface area contributed by atoms with Crippen LogP contribution >= 0.6 is 11.3 Å². The van der Waals surface area contributed by atoms with Gasteiger partial charge in [-0.15, -0.1) is 11.3 Å². The van der Waals surface area contributed by atoms with Crippen molar-refractivity contribution in [3.05, 3.63) is 31.3 Å². The number of nitrogens with zero attached hydrogens (tertiary/aromatic N) is 2. The van der Waals surface area contributed by atoms with Crippen LogP contribution in [-0.4, -0.2) is 34.3 Å². The third-order valence-electron chi connectivity index (χ3n) is 5.28. The van der Waals surface area contributed by atoms with Gasteiger partial charge >= 0.3 is 5.69 Å². The van der Waals surface area contributed by atoms with E-state index in [1.807, 2.05) is 0 Å². The molecule has 1 aliphatic carbocycles. The monoisotopic (exact) mass is 377 g/mol. The Hall–Kier alpha value is -1.93. The average Bonchev–Trinajstić information content (AvgIpc) is 3.29. The number of thiophene rings is 1. The molecule has 0 spiro atoms. The Morgan fingerprint density at radius 3 is 2.85 bits per heavy atom. The van der Waals surface area contributed by atoms with Crippen LogP contribution < -0.4 is 16.6 Å². The molecule has 0 radical (unpaired) electrons. The van der Waals surface area contributed by atoms with Crippen molar-refractivity contribution in [3.63, 3.8) is 0 Å². The van der Waals surface area contributed by atoms with E-state index in [9.17, 15) is 14.4 Å². The van der Waals surface area contributed by atoms with Gasteiger partial charge in [0.15, 0.2) is 0 Å². The van der Waals surface area contributed by atoms with Crippen molar-refractivity contribution in [2.24, 2.45) is 7.05 Å². The summed E-state index contributed by atoms with van der Waals surface area (Å²) >= 11 is 1.48. The van der Waals surface area contributed by atoms with Gasteiger partial charge < -0.3 is 10.1 Å². The summed E-state index contributed by atoms with van der Waals surface area (Å²) in [4.78, 5) is 38.9. The van der Waals surface area contributed by atoms with E-state index in [4.69, 9.17) is 4.74 Å². The van der Waals surface area contributed by atoms with Gasteiger partial charge in [-0.05, 0) is 44.1 Å². The molecule has 140 valence electrons. The topological polar surface area (TPSA) is 82.3 Å². The first kappa shape index (κ1) is 17.5. The molecule has 0 aromatic carbocycles. The summed E-state index contributed by atoms with van der Waals surface area (Å²) in [5.41, 5.74) is 1.06. The third kappa shape index (κ3) is 3.01. The Morgan fingerprint density at radius 1 is 1.27 bits per heavy atom. The summed E-state index contributed by atoms with van der Waals surface area (Å²) in [6.07, 6.45) is 5.98. The number of rotatable bonds is 4. The molecule has 1 fully saturated rings. The minimum Gasteiger partial charge on any atom is -0.376 e. The van der Waals surface area contributed by atoms with Crippen LogP contribution in [-0.2, 0) is 36.0 Å². The van der Waals surface area contributed by atoms with Crippen molar-refractivity contribution in [3.8, 4) is 0 Å². The number of ether oxygens (including phenoxy) is 1. The van der Waals surface area contributed by atoms with Crippen LogP contribution in [0.15, 0.2) is 9.59 Å². The number of aryl methyl sites for hydroxylation is 2. The van der Waals surface area contributed by atoms with Gasteiger partial charge in [-0.25, -0.2) is 4.79 Å². The molecule has 1 saturated heterocycles. The molecule has 2 aromatic rings. The lowest BCUT2D eigenvalue weighted by Crippen LogP contribution is -2.42.